The van der Waals surface area contributed by atoms with Crippen LogP contribution in [0.3, 0.4) is 0 Å². The van der Waals surface area contributed by atoms with Gasteiger partial charge in [0.15, 0.2) is 0 Å². The smallest absolute Gasteiger partial charge is 0.294 e. The van der Waals surface area contributed by atoms with Crippen molar-refractivity contribution in [1.82, 2.24) is 0 Å². The average molecular weight is 461 g/mol. The molecule has 3 saturated heterocycles. The second-order valence-corrected chi connectivity index (χ2v) is 9.64. The van der Waals surface area contributed by atoms with Gasteiger partial charge in [-0.25, -0.2) is 4.90 Å². The molecule has 9 nitrogen and oxygen atoms in total. The molecule has 4 aliphatic rings. The van der Waals surface area contributed by atoms with E-state index < -0.39 is 28.2 Å². The maximum absolute atomic E-state index is 14.1. The molecule has 0 bridgehead atoms. The first-order valence-corrected chi connectivity index (χ1v) is 11.7. The Morgan fingerprint density at radius 2 is 1.91 bits per heavy atom. The fraction of sp³-hybridized carbons (Fsp3) is 0.400. The number of fused-ring (bicyclic) bond motifs is 7. The third kappa shape index (κ3) is 2.30. The third-order valence-corrected chi connectivity index (χ3v) is 8.33. The summed E-state index contributed by atoms with van der Waals surface area (Å²) in [6, 6.07) is 11.9. The van der Waals surface area contributed by atoms with Crippen LogP contribution in [0.1, 0.15) is 30.9 Å². The predicted molar refractivity (Wildman–Crippen MR) is 122 cm³/mol. The number of likely N-dealkylation sites (N-methyl/N-ethyl adjacent to an activating group) is 1. The van der Waals surface area contributed by atoms with E-state index in [1.165, 1.54) is 6.07 Å². The first kappa shape index (κ1) is 21.0. The van der Waals surface area contributed by atoms with Gasteiger partial charge in [0, 0.05) is 36.6 Å². The van der Waals surface area contributed by atoms with Gasteiger partial charge in [-0.15, -0.1) is 0 Å². The summed E-state index contributed by atoms with van der Waals surface area (Å²) in [6.07, 6.45) is 1.64. The van der Waals surface area contributed by atoms with Gasteiger partial charge in [0.25, 0.3) is 11.6 Å². The van der Waals surface area contributed by atoms with E-state index in [-0.39, 0.29) is 29.2 Å². The number of nitro groups is 1. The van der Waals surface area contributed by atoms with Crippen LogP contribution in [0.25, 0.3) is 0 Å². The summed E-state index contributed by atoms with van der Waals surface area (Å²) in [7, 11) is 0. The monoisotopic (exact) mass is 461 g/mol. The van der Waals surface area contributed by atoms with Gasteiger partial charge in [0.2, 0.25) is 17.4 Å². The molecule has 6 rings (SSSR count). The highest BCUT2D eigenvalue weighted by atomic mass is 16.6. The molecular weight excluding hydrogens is 436 g/mol. The molecule has 4 aliphatic heterocycles. The molecule has 4 heterocycles. The average Bonchev–Trinajstić information content (AvgIpc) is 3.52. The summed E-state index contributed by atoms with van der Waals surface area (Å²) in [5, 5.41) is 11.5. The lowest BCUT2D eigenvalue weighted by molar-refractivity contribution is -0.948. The van der Waals surface area contributed by atoms with Gasteiger partial charge in [-0.05, 0) is 26.0 Å². The summed E-state index contributed by atoms with van der Waals surface area (Å²) in [5.41, 5.74) is 0.984. The molecule has 9 heteroatoms. The van der Waals surface area contributed by atoms with Crippen LogP contribution >= 0.6 is 0 Å². The molecule has 1 N–H and O–H groups in total. The standard InChI is InChI=1S/C25H24N4O5/c1-3-26-17-8-5-4-7-16(17)25(24(26)32)21-20(18-9-6-12-27(18)25)22(30)28(23(21)31)15-11-10-14(2)19(13-15)29(33)34/h4-5,7-8,10-11,13,18,20-21H,3,6,9,12H2,1-2H3/p+1/t18-,20+,21-,25+/m0/s1. The number of carbonyl (C=O) groups excluding carboxylic acids is 3. The number of benzene rings is 2. The molecule has 2 aromatic carbocycles. The Bertz CT molecular complexity index is 1290. The number of rotatable bonds is 3. The van der Waals surface area contributed by atoms with Crippen LogP contribution < -0.4 is 14.7 Å². The van der Waals surface area contributed by atoms with Crippen molar-refractivity contribution in [2.24, 2.45) is 11.8 Å². The number of carbonyl (C=O) groups is 3. The molecule has 174 valence electrons. The van der Waals surface area contributed by atoms with Crippen molar-refractivity contribution in [2.75, 3.05) is 22.9 Å². The highest BCUT2D eigenvalue weighted by Crippen LogP contribution is 2.53. The van der Waals surface area contributed by atoms with E-state index in [9.17, 15) is 24.5 Å². The van der Waals surface area contributed by atoms with Crippen molar-refractivity contribution in [2.45, 2.75) is 38.3 Å². The zero-order chi connectivity index (χ0) is 23.9. The second kappa shape index (κ2) is 6.96. The molecule has 1 unspecified atom stereocenters. The van der Waals surface area contributed by atoms with Crippen molar-refractivity contribution >= 4 is 34.8 Å². The van der Waals surface area contributed by atoms with Crippen LogP contribution in [0.5, 0.6) is 0 Å². The zero-order valence-electron chi connectivity index (χ0n) is 19.0. The van der Waals surface area contributed by atoms with E-state index in [2.05, 4.69) is 0 Å². The highest BCUT2D eigenvalue weighted by molar-refractivity contribution is 6.25. The maximum atomic E-state index is 14.1. The van der Waals surface area contributed by atoms with E-state index in [4.69, 9.17) is 0 Å². The number of aryl methyl sites for hydroxylation is 1. The van der Waals surface area contributed by atoms with E-state index in [0.29, 0.717) is 12.1 Å². The molecule has 3 amide bonds. The normalized spacial score (nSPS) is 31.4. The topological polar surface area (TPSA) is 105 Å². The molecule has 5 atom stereocenters. The fourth-order valence-corrected chi connectivity index (χ4v) is 7.10. The van der Waals surface area contributed by atoms with Crippen LogP contribution in [-0.4, -0.2) is 41.8 Å². The number of amides is 3. The number of nitrogens with zero attached hydrogens (tertiary/aromatic N) is 3. The summed E-state index contributed by atoms with van der Waals surface area (Å²) in [6.45, 7) is 4.73. The number of imide groups is 1. The van der Waals surface area contributed by atoms with Gasteiger partial charge in [0.1, 0.15) is 17.9 Å². The Morgan fingerprint density at radius 1 is 1.15 bits per heavy atom. The highest BCUT2D eigenvalue weighted by Gasteiger charge is 2.79. The number of hydrogen-bond acceptors (Lipinski definition) is 5. The summed E-state index contributed by atoms with van der Waals surface area (Å²) >= 11 is 0. The van der Waals surface area contributed by atoms with Crippen LogP contribution in [0.2, 0.25) is 0 Å². The van der Waals surface area contributed by atoms with Crippen molar-refractivity contribution in [3.8, 4) is 0 Å². The number of nitro benzene ring substituents is 1. The quantitative estimate of drug-likeness (QED) is 0.422. The third-order valence-electron chi connectivity index (χ3n) is 8.33. The molecule has 1 spiro atoms. The predicted octanol–water partition coefficient (Wildman–Crippen LogP) is 1.33. The fourth-order valence-electron chi connectivity index (χ4n) is 7.10. The van der Waals surface area contributed by atoms with Crippen molar-refractivity contribution < 1.29 is 24.2 Å². The maximum Gasteiger partial charge on any atom is 0.294 e. The first-order valence-electron chi connectivity index (χ1n) is 11.7. The van der Waals surface area contributed by atoms with Gasteiger partial charge < -0.3 is 9.80 Å². The summed E-state index contributed by atoms with van der Waals surface area (Å²) in [4.78, 5) is 56.9. The minimum Gasteiger partial charge on any atom is -0.315 e. The molecular formula is C25H25N4O5+. The lowest BCUT2D eigenvalue weighted by Gasteiger charge is -2.34. The molecule has 0 aliphatic carbocycles. The first-order chi connectivity index (χ1) is 16.3. The van der Waals surface area contributed by atoms with E-state index in [0.717, 1.165) is 40.4 Å². The largest absolute Gasteiger partial charge is 0.315 e. The number of anilines is 2. The Balaban J connectivity index is 1.54. The van der Waals surface area contributed by atoms with E-state index >= 15 is 0 Å². The SMILES string of the molecule is CCN1C(=O)[C@@]2(c3ccccc31)[C@@H]1C(=O)N(c3ccc(C)c([N+](=O)[O-])c3)C(=O)[C@@H]1[C@@H]1CCC[NH+]12. The minimum atomic E-state index is -1.14. The molecule has 0 aromatic heterocycles. The zero-order valence-corrected chi connectivity index (χ0v) is 19.0. The summed E-state index contributed by atoms with van der Waals surface area (Å²) < 4.78 is 0. The molecule has 2 aromatic rings. The van der Waals surface area contributed by atoms with Crippen molar-refractivity contribution in [3.05, 3.63) is 63.7 Å². The van der Waals surface area contributed by atoms with E-state index in [1.54, 1.807) is 24.0 Å². The Labute approximate surface area is 196 Å². The molecule has 0 radical (unpaired) electrons. The molecule has 3 fully saturated rings. The Hall–Kier alpha value is -3.59. The summed E-state index contributed by atoms with van der Waals surface area (Å²) in [5.74, 6) is -2.36. The van der Waals surface area contributed by atoms with Gasteiger partial charge in [-0.1, -0.05) is 24.3 Å². The van der Waals surface area contributed by atoms with Crippen LogP contribution in [0, 0.1) is 28.9 Å². The van der Waals surface area contributed by atoms with Crippen molar-refractivity contribution in [3.63, 3.8) is 0 Å². The molecule has 34 heavy (non-hydrogen) atoms. The van der Waals surface area contributed by atoms with Gasteiger partial charge in [0.05, 0.1) is 22.8 Å². The number of hydrogen-bond donors (Lipinski definition) is 1. The van der Waals surface area contributed by atoms with Crippen LogP contribution in [-0.2, 0) is 19.9 Å². The second-order valence-electron chi connectivity index (χ2n) is 9.64. The van der Waals surface area contributed by atoms with Gasteiger partial charge in [-0.2, -0.15) is 0 Å². The number of nitrogens with one attached hydrogen (secondary N) is 1. The molecule has 0 saturated carbocycles. The Kier molecular flexibility index (Phi) is 4.29. The lowest BCUT2D eigenvalue weighted by Crippen LogP contribution is -3.20. The van der Waals surface area contributed by atoms with Crippen LogP contribution in [0.4, 0.5) is 17.1 Å². The lowest BCUT2D eigenvalue weighted by atomic mass is 9.75. The number of quaternary nitrogens is 1. The number of para-hydroxylation sites is 1. The van der Waals surface area contributed by atoms with Crippen molar-refractivity contribution in [1.29, 1.82) is 0 Å². The van der Waals surface area contributed by atoms with Crippen LogP contribution in [0.15, 0.2) is 42.5 Å². The van der Waals surface area contributed by atoms with Gasteiger partial charge in [-0.3, -0.25) is 24.5 Å². The van der Waals surface area contributed by atoms with E-state index in [1.807, 2.05) is 31.2 Å². The van der Waals surface area contributed by atoms with Gasteiger partial charge >= 0.3 is 0 Å². The minimum absolute atomic E-state index is 0.122. The Morgan fingerprint density at radius 3 is 2.65 bits per heavy atom.